The van der Waals surface area contributed by atoms with Crippen molar-refractivity contribution in [2.75, 3.05) is 19.7 Å². The Morgan fingerprint density at radius 1 is 1.10 bits per heavy atom. The summed E-state index contributed by atoms with van der Waals surface area (Å²) in [6.07, 6.45) is 6.65. The van der Waals surface area contributed by atoms with Gasteiger partial charge in [0.05, 0.1) is 17.0 Å². The van der Waals surface area contributed by atoms with E-state index in [4.69, 9.17) is 27.9 Å². The van der Waals surface area contributed by atoms with E-state index in [0.29, 0.717) is 18.9 Å². The first-order valence-electron chi connectivity index (χ1n) is 11.7. The highest BCUT2D eigenvalue weighted by Crippen LogP contribution is 2.64. The van der Waals surface area contributed by atoms with Crippen molar-refractivity contribution in [3.05, 3.63) is 0 Å². The standard InChI is InChI=1S/C22H32Cl2FN3O3/c23-14-1-3-15(4-2-14)27-7-8-28(20(27)30)22-11-21(12-22,13-22)26-19(29)10-31-16-5-6-17(24)18(25)9-16/h14-18H,1-13H2,(H,26,29). The quantitative estimate of drug-likeness (QED) is 0.597. The fourth-order valence-electron chi connectivity index (χ4n) is 6.55. The Hall–Kier alpha value is -0.790. The Balaban J connectivity index is 1.06. The minimum atomic E-state index is -1.07. The molecule has 1 heterocycles. The highest BCUT2D eigenvalue weighted by atomic mass is 35.5. The van der Waals surface area contributed by atoms with Gasteiger partial charge < -0.3 is 19.9 Å². The molecule has 0 aromatic rings. The second kappa shape index (κ2) is 8.21. The van der Waals surface area contributed by atoms with Crippen molar-refractivity contribution in [2.24, 2.45) is 0 Å². The molecule has 0 aromatic heterocycles. The second-order valence-electron chi connectivity index (χ2n) is 10.4. The van der Waals surface area contributed by atoms with E-state index in [9.17, 15) is 14.0 Å². The largest absolute Gasteiger partial charge is 0.368 e. The van der Waals surface area contributed by atoms with Gasteiger partial charge >= 0.3 is 6.03 Å². The van der Waals surface area contributed by atoms with Crippen molar-refractivity contribution in [1.29, 1.82) is 0 Å². The van der Waals surface area contributed by atoms with Gasteiger partial charge in [-0.1, -0.05) is 0 Å². The summed E-state index contributed by atoms with van der Waals surface area (Å²) in [6, 6.07) is 0.486. The summed E-state index contributed by atoms with van der Waals surface area (Å²) in [5.41, 5.74) is -0.273. The highest BCUT2D eigenvalue weighted by molar-refractivity contribution is 6.21. The zero-order valence-corrected chi connectivity index (χ0v) is 19.3. The van der Waals surface area contributed by atoms with Crippen molar-refractivity contribution in [1.82, 2.24) is 15.1 Å². The number of hydrogen-bond donors (Lipinski definition) is 1. The summed E-state index contributed by atoms with van der Waals surface area (Å²) < 4.78 is 19.4. The highest BCUT2D eigenvalue weighted by Gasteiger charge is 2.72. The molecule has 3 atom stereocenters. The molecule has 6 rings (SSSR count). The molecule has 5 saturated carbocycles. The van der Waals surface area contributed by atoms with E-state index in [2.05, 4.69) is 15.1 Å². The van der Waals surface area contributed by atoms with E-state index in [1.807, 2.05) is 0 Å². The third kappa shape index (κ3) is 4.04. The topological polar surface area (TPSA) is 61.9 Å². The van der Waals surface area contributed by atoms with Crippen LogP contribution in [0.5, 0.6) is 0 Å². The number of carbonyl (C=O) groups is 2. The Morgan fingerprint density at radius 2 is 1.81 bits per heavy atom. The Bertz CT molecular complexity index is 713. The van der Waals surface area contributed by atoms with Crippen LogP contribution in [0, 0.1) is 0 Å². The normalized spacial score (nSPS) is 44.6. The third-order valence-electron chi connectivity index (χ3n) is 8.18. The molecule has 6 aliphatic rings. The molecule has 6 fully saturated rings. The van der Waals surface area contributed by atoms with Crippen LogP contribution in [0.4, 0.5) is 9.18 Å². The van der Waals surface area contributed by atoms with Crippen LogP contribution >= 0.6 is 23.2 Å². The van der Waals surface area contributed by atoms with Crippen LogP contribution in [0.15, 0.2) is 0 Å². The summed E-state index contributed by atoms with van der Waals surface area (Å²) in [4.78, 5) is 29.6. The first-order chi connectivity index (χ1) is 14.8. The van der Waals surface area contributed by atoms with Gasteiger partial charge in [0.25, 0.3) is 0 Å². The first-order valence-corrected chi connectivity index (χ1v) is 12.6. The van der Waals surface area contributed by atoms with Crippen molar-refractivity contribution in [2.45, 2.75) is 104 Å². The number of halogens is 3. The SMILES string of the molecule is O=C(COC1CCC(Cl)C(F)C1)NC12CC(N3CCN(C4CCC(Cl)CC4)C3=O)(C1)C2. The zero-order chi connectivity index (χ0) is 21.8. The summed E-state index contributed by atoms with van der Waals surface area (Å²) >= 11 is 12.1. The Kier molecular flexibility index (Phi) is 5.83. The van der Waals surface area contributed by atoms with Crippen molar-refractivity contribution >= 4 is 35.1 Å². The van der Waals surface area contributed by atoms with Crippen LogP contribution in [0.25, 0.3) is 0 Å². The number of carbonyl (C=O) groups excluding carboxylic acids is 2. The minimum Gasteiger partial charge on any atom is -0.368 e. The minimum absolute atomic E-state index is 0.0429. The molecular formula is C22H32Cl2FN3O3. The van der Waals surface area contributed by atoms with Crippen LogP contribution in [0.3, 0.4) is 0 Å². The molecule has 0 spiro atoms. The fraction of sp³-hybridized carbons (Fsp3) is 0.909. The van der Waals surface area contributed by atoms with E-state index in [0.717, 1.165) is 58.0 Å². The predicted molar refractivity (Wildman–Crippen MR) is 116 cm³/mol. The molecule has 2 bridgehead atoms. The lowest BCUT2D eigenvalue weighted by Crippen LogP contribution is -2.84. The molecule has 3 unspecified atom stereocenters. The van der Waals surface area contributed by atoms with Crippen molar-refractivity contribution in [3.63, 3.8) is 0 Å². The molecular weight excluding hydrogens is 444 g/mol. The lowest BCUT2D eigenvalue weighted by Gasteiger charge is -2.72. The molecule has 6 nitrogen and oxygen atoms in total. The monoisotopic (exact) mass is 475 g/mol. The van der Waals surface area contributed by atoms with Crippen LogP contribution < -0.4 is 5.32 Å². The van der Waals surface area contributed by atoms with Gasteiger partial charge in [0.1, 0.15) is 12.8 Å². The van der Waals surface area contributed by atoms with Crippen LogP contribution in [-0.4, -0.2) is 81.6 Å². The lowest BCUT2D eigenvalue weighted by atomic mass is 9.43. The van der Waals surface area contributed by atoms with Crippen LogP contribution in [-0.2, 0) is 9.53 Å². The molecule has 31 heavy (non-hydrogen) atoms. The van der Waals surface area contributed by atoms with E-state index in [-0.39, 0.29) is 47.5 Å². The number of hydrogen-bond acceptors (Lipinski definition) is 3. The molecule has 1 N–H and O–H groups in total. The lowest BCUT2D eigenvalue weighted by molar-refractivity contribution is -0.168. The summed E-state index contributed by atoms with van der Waals surface area (Å²) in [6.45, 7) is 1.53. The Morgan fingerprint density at radius 3 is 2.48 bits per heavy atom. The number of rotatable bonds is 6. The molecule has 1 saturated heterocycles. The van der Waals surface area contributed by atoms with E-state index in [1.54, 1.807) is 0 Å². The molecule has 0 aromatic carbocycles. The number of alkyl halides is 3. The van der Waals surface area contributed by atoms with Crippen molar-refractivity contribution in [3.8, 4) is 0 Å². The number of urea groups is 1. The molecule has 0 radical (unpaired) electrons. The van der Waals surface area contributed by atoms with Gasteiger partial charge in [0, 0.05) is 36.5 Å². The van der Waals surface area contributed by atoms with E-state index >= 15 is 0 Å². The predicted octanol–water partition coefficient (Wildman–Crippen LogP) is 3.58. The first kappa shape index (κ1) is 22.0. The zero-order valence-electron chi connectivity index (χ0n) is 17.8. The number of amides is 3. The maximum atomic E-state index is 13.7. The van der Waals surface area contributed by atoms with Gasteiger partial charge in [0.2, 0.25) is 5.91 Å². The summed E-state index contributed by atoms with van der Waals surface area (Å²) in [7, 11) is 0. The van der Waals surface area contributed by atoms with Gasteiger partial charge in [-0.2, -0.15) is 0 Å². The number of ether oxygens (including phenoxy) is 1. The summed E-state index contributed by atoms with van der Waals surface area (Å²) in [5, 5.41) is 2.92. The molecule has 5 aliphatic carbocycles. The van der Waals surface area contributed by atoms with Crippen molar-refractivity contribution < 1.29 is 18.7 Å². The second-order valence-corrected chi connectivity index (χ2v) is 11.6. The van der Waals surface area contributed by atoms with Gasteiger partial charge in [-0.15, -0.1) is 23.2 Å². The average Bonchev–Trinajstić information content (AvgIpc) is 3.06. The third-order valence-corrected chi connectivity index (χ3v) is 9.11. The number of nitrogens with one attached hydrogen (secondary N) is 1. The Labute approximate surface area is 193 Å². The van der Waals surface area contributed by atoms with Gasteiger partial charge in [-0.3, -0.25) is 4.79 Å². The van der Waals surface area contributed by atoms with Gasteiger partial charge in [-0.25, -0.2) is 9.18 Å². The smallest absolute Gasteiger partial charge is 0.320 e. The van der Waals surface area contributed by atoms with Gasteiger partial charge in [0.15, 0.2) is 0 Å². The molecule has 3 amide bonds. The maximum absolute atomic E-state index is 13.7. The fourth-order valence-corrected chi connectivity index (χ4v) is 7.03. The molecule has 1 aliphatic heterocycles. The maximum Gasteiger partial charge on any atom is 0.320 e. The van der Waals surface area contributed by atoms with Gasteiger partial charge in [-0.05, 0) is 57.8 Å². The van der Waals surface area contributed by atoms with E-state index in [1.165, 1.54) is 0 Å². The van der Waals surface area contributed by atoms with Crippen LogP contribution in [0.2, 0.25) is 0 Å². The number of nitrogens with zero attached hydrogens (tertiary/aromatic N) is 2. The van der Waals surface area contributed by atoms with E-state index < -0.39 is 11.5 Å². The van der Waals surface area contributed by atoms with Crippen LogP contribution in [0.1, 0.15) is 64.2 Å². The molecule has 174 valence electrons. The average molecular weight is 476 g/mol. The summed E-state index contributed by atoms with van der Waals surface area (Å²) in [5.74, 6) is -0.149. The molecule has 9 heteroatoms.